The fraction of sp³-hybridized carbons (Fsp3) is 0.391. The van der Waals surface area contributed by atoms with Crippen LogP contribution in [0.5, 0.6) is 5.75 Å². The molecule has 160 valence electrons. The molecule has 0 bridgehead atoms. The third kappa shape index (κ3) is 4.74. The van der Waals surface area contributed by atoms with Gasteiger partial charge in [0.2, 0.25) is 0 Å². The average Bonchev–Trinajstić information content (AvgIpc) is 3.12. The van der Waals surface area contributed by atoms with Crippen molar-refractivity contribution in [3.8, 4) is 5.75 Å². The van der Waals surface area contributed by atoms with Crippen LogP contribution in [0.2, 0.25) is 0 Å². The zero-order valence-electron chi connectivity index (χ0n) is 18.5. The van der Waals surface area contributed by atoms with E-state index in [0.717, 1.165) is 43.2 Å². The van der Waals surface area contributed by atoms with Crippen molar-refractivity contribution in [3.63, 3.8) is 0 Å². The second-order valence-corrected chi connectivity index (χ2v) is 7.45. The van der Waals surface area contributed by atoms with E-state index in [1.165, 1.54) is 0 Å². The first-order chi connectivity index (χ1) is 14.5. The van der Waals surface area contributed by atoms with Gasteiger partial charge < -0.3 is 19.9 Å². The zero-order chi connectivity index (χ0) is 21.7. The summed E-state index contributed by atoms with van der Waals surface area (Å²) in [7, 11) is 5.75. The number of likely N-dealkylation sites (N-methyl/N-ethyl adjacent to an activating group) is 2. The van der Waals surface area contributed by atoms with Crippen molar-refractivity contribution in [1.29, 1.82) is 0 Å². The van der Waals surface area contributed by atoms with Gasteiger partial charge in [-0.25, -0.2) is 4.98 Å². The van der Waals surface area contributed by atoms with E-state index in [-0.39, 0.29) is 5.91 Å². The van der Waals surface area contributed by atoms with Crippen LogP contribution in [0.25, 0.3) is 5.65 Å². The number of carbonyl (C=O) groups is 1. The molecule has 3 aromatic rings. The van der Waals surface area contributed by atoms with E-state index in [9.17, 15) is 4.79 Å². The highest BCUT2D eigenvalue weighted by atomic mass is 16.5. The van der Waals surface area contributed by atoms with Crippen molar-refractivity contribution in [2.24, 2.45) is 0 Å². The fourth-order valence-electron chi connectivity index (χ4n) is 3.43. The number of nitrogens with zero attached hydrogens (tertiary/aromatic N) is 4. The predicted molar refractivity (Wildman–Crippen MR) is 122 cm³/mol. The molecule has 0 aliphatic carbocycles. The number of pyridine rings is 1. The van der Waals surface area contributed by atoms with Gasteiger partial charge in [0.05, 0.1) is 18.4 Å². The standard InChI is InChI=1S/C23H31N5O2/c1-6-20-23(27(7-2)14-13-26(3)4)28-16-17(11-12-21(28)25-20)22(29)24-18-9-8-10-19(15-18)30-5/h8-12,15-16H,6-7,13-14H2,1-5H3,(H,24,29). The minimum Gasteiger partial charge on any atom is -0.497 e. The van der Waals surface area contributed by atoms with Gasteiger partial charge in [0.1, 0.15) is 17.2 Å². The van der Waals surface area contributed by atoms with E-state index < -0.39 is 0 Å². The first kappa shape index (κ1) is 21.6. The van der Waals surface area contributed by atoms with E-state index >= 15 is 0 Å². The maximum Gasteiger partial charge on any atom is 0.257 e. The largest absolute Gasteiger partial charge is 0.497 e. The lowest BCUT2D eigenvalue weighted by Gasteiger charge is -2.25. The maximum atomic E-state index is 12.9. The molecule has 0 fully saturated rings. The first-order valence-electron chi connectivity index (χ1n) is 10.3. The van der Waals surface area contributed by atoms with Gasteiger partial charge in [-0.1, -0.05) is 13.0 Å². The molecule has 0 aliphatic heterocycles. The molecule has 0 spiro atoms. The Labute approximate surface area is 178 Å². The summed E-state index contributed by atoms with van der Waals surface area (Å²) in [4.78, 5) is 22.2. The summed E-state index contributed by atoms with van der Waals surface area (Å²) in [5.41, 5.74) is 3.17. The van der Waals surface area contributed by atoms with Crippen molar-refractivity contribution in [2.45, 2.75) is 20.3 Å². The smallest absolute Gasteiger partial charge is 0.257 e. The van der Waals surface area contributed by atoms with Crippen molar-refractivity contribution >= 4 is 23.1 Å². The molecule has 7 heteroatoms. The first-order valence-corrected chi connectivity index (χ1v) is 10.3. The molecule has 1 aromatic carbocycles. The lowest BCUT2D eigenvalue weighted by Crippen LogP contribution is -2.33. The van der Waals surface area contributed by atoms with Gasteiger partial charge in [0.25, 0.3) is 5.91 Å². The number of carbonyl (C=O) groups excluding carboxylic acids is 1. The van der Waals surface area contributed by atoms with Gasteiger partial charge >= 0.3 is 0 Å². The van der Waals surface area contributed by atoms with E-state index in [2.05, 4.69) is 43.1 Å². The second kappa shape index (κ2) is 9.63. The molecule has 30 heavy (non-hydrogen) atoms. The molecule has 2 aromatic heterocycles. The van der Waals surface area contributed by atoms with Crippen molar-refractivity contribution in [2.75, 3.05) is 51.1 Å². The molecular weight excluding hydrogens is 378 g/mol. The number of amides is 1. The average molecular weight is 410 g/mol. The fourth-order valence-corrected chi connectivity index (χ4v) is 3.43. The molecule has 0 aliphatic rings. The van der Waals surface area contributed by atoms with Gasteiger partial charge in [0, 0.05) is 37.6 Å². The van der Waals surface area contributed by atoms with Crippen molar-refractivity contribution < 1.29 is 9.53 Å². The summed E-state index contributed by atoms with van der Waals surface area (Å²) >= 11 is 0. The number of benzene rings is 1. The number of aryl methyl sites for hydroxylation is 1. The van der Waals surface area contributed by atoms with Crippen LogP contribution in [0.4, 0.5) is 11.5 Å². The number of hydrogen-bond donors (Lipinski definition) is 1. The maximum absolute atomic E-state index is 12.9. The quantitative estimate of drug-likeness (QED) is 0.586. The van der Waals surface area contributed by atoms with Crippen LogP contribution in [-0.4, -0.2) is 61.0 Å². The number of methoxy groups -OCH3 is 1. The topological polar surface area (TPSA) is 62.1 Å². The zero-order valence-corrected chi connectivity index (χ0v) is 18.5. The molecule has 0 saturated carbocycles. The predicted octanol–water partition coefficient (Wildman–Crippen LogP) is 3.55. The Bertz CT molecular complexity index is 1010. The number of ether oxygens (including phenoxy) is 1. The third-order valence-corrected chi connectivity index (χ3v) is 5.09. The number of nitrogens with one attached hydrogen (secondary N) is 1. The highest BCUT2D eigenvalue weighted by molar-refractivity contribution is 6.04. The molecule has 0 saturated heterocycles. The number of hydrogen-bond acceptors (Lipinski definition) is 5. The number of aromatic nitrogens is 2. The SMILES string of the molecule is CCc1nc2ccc(C(=O)Nc3cccc(OC)c3)cn2c1N(CC)CCN(C)C. The van der Waals surface area contributed by atoms with Crippen molar-refractivity contribution in [1.82, 2.24) is 14.3 Å². The van der Waals surface area contributed by atoms with Crippen LogP contribution >= 0.6 is 0 Å². The van der Waals surface area contributed by atoms with Gasteiger partial charge in [-0.05, 0) is 51.7 Å². The van der Waals surface area contributed by atoms with Gasteiger partial charge in [-0.2, -0.15) is 0 Å². The Balaban J connectivity index is 1.94. The molecular formula is C23H31N5O2. The van der Waals surface area contributed by atoms with Crippen molar-refractivity contribution in [3.05, 3.63) is 53.9 Å². The van der Waals surface area contributed by atoms with Crippen LogP contribution < -0.4 is 15.0 Å². The minimum absolute atomic E-state index is 0.167. The van der Waals surface area contributed by atoms with E-state index in [1.54, 1.807) is 13.2 Å². The van der Waals surface area contributed by atoms with Crippen LogP contribution in [0.15, 0.2) is 42.6 Å². The summed E-state index contributed by atoms with van der Waals surface area (Å²) < 4.78 is 7.28. The number of imidazole rings is 1. The lowest BCUT2D eigenvalue weighted by molar-refractivity contribution is 0.102. The molecule has 0 atom stereocenters. The molecule has 2 heterocycles. The highest BCUT2D eigenvalue weighted by Gasteiger charge is 2.18. The molecule has 3 rings (SSSR count). The Hall–Kier alpha value is -3.06. The minimum atomic E-state index is -0.167. The number of rotatable bonds is 9. The van der Waals surface area contributed by atoms with Gasteiger partial charge in [-0.3, -0.25) is 9.20 Å². The molecule has 0 unspecified atom stereocenters. The Kier molecular flexibility index (Phi) is 6.95. The summed E-state index contributed by atoms with van der Waals surface area (Å²) in [6.07, 6.45) is 2.71. The van der Waals surface area contributed by atoms with Crippen LogP contribution in [0.1, 0.15) is 29.9 Å². The van der Waals surface area contributed by atoms with Crippen LogP contribution in [0.3, 0.4) is 0 Å². The van der Waals surface area contributed by atoms with Crippen LogP contribution in [-0.2, 0) is 6.42 Å². The van der Waals surface area contributed by atoms with E-state index in [0.29, 0.717) is 17.0 Å². The van der Waals surface area contributed by atoms with E-state index in [4.69, 9.17) is 9.72 Å². The molecule has 1 amide bonds. The summed E-state index contributed by atoms with van der Waals surface area (Å²) in [5, 5.41) is 2.95. The Morgan fingerprint density at radius 3 is 2.63 bits per heavy atom. The van der Waals surface area contributed by atoms with Gasteiger partial charge in [0.15, 0.2) is 0 Å². The summed E-state index contributed by atoms with van der Waals surface area (Å²) in [6.45, 7) is 6.97. The molecule has 7 nitrogen and oxygen atoms in total. The number of fused-ring (bicyclic) bond motifs is 1. The van der Waals surface area contributed by atoms with E-state index in [1.807, 2.05) is 40.9 Å². The van der Waals surface area contributed by atoms with Crippen LogP contribution in [0, 0.1) is 0 Å². The Morgan fingerprint density at radius 2 is 1.97 bits per heavy atom. The second-order valence-electron chi connectivity index (χ2n) is 7.45. The third-order valence-electron chi connectivity index (χ3n) is 5.09. The summed E-state index contributed by atoms with van der Waals surface area (Å²) in [6, 6.07) is 11.1. The molecule has 1 N–H and O–H groups in total. The monoisotopic (exact) mass is 409 g/mol. The lowest BCUT2D eigenvalue weighted by atomic mass is 10.2. The molecule has 0 radical (unpaired) electrons. The summed E-state index contributed by atoms with van der Waals surface area (Å²) in [5.74, 6) is 1.60. The highest BCUT2D eigenvalue weighted by Crippen LogP contribution is 2.24. The number of anilines is 2. The Morgan fingerprint density at radius 1 is 1.17 bits per heavy atom. The normalized spacial score (nSPS) is 11.1. The van der Waals surface area contributed by atoms with Gasteiger partial charge in [-0.15, -0.1) is 0 Å².